The van der Waals surface area contributed by atoms with Crippen molar-refractivity contribution in [2.45, 2.75) is 6.92 Å². The molecule has 3 heteroatoms. The van der Waals surface area contributed by atoms with E-state index in [2.05, 4.69) is 12.2 Å². The summed E-state index contributed by atoms with van der Waals surface area (Å²) in [7, 11) is 0. The minimum atomic E-state index is 0.500. The zero-order valence-corrected chi connectivity index (χ0v) is 7.77. The van der Waals surface area contributed by atoms with Crippen LogP contribution in [0.1, 0.15) is 12.5 Å². The zero-order chi connectivity index (χ0) is 9.40. The molecule has 0 aromatic heterocycles. The molecule has 12 heavy (non-hydrogen) atoms. The summed E-state index contributed by atoms with van der Waals surface area (Å²) in [6, 6.07) is 9.56. The van der Waals surface area contributed by atoms with Gasteiger partial charge in [-0.25, -0.2) is 0 Å². The third-order valence-electron chi connectivity index (χ3n) is 0.966. The third-order valence-corrected chi connectivity index (χ3v) is 0.966. The van der Waals surface area contributed by atoms with Crippen LogP contribution < -0.4 is 5.73 Å². The van der Waals surface area contributed by atoms with Gasteiger partial charge in [0.05, 0.1) is 4.99 Å². The zero-order valence-electron chi connectivity index (χ0n) is 6.95. The Morgan fingerprint density at radius 3 is 2.08 bits per heavy atom. The summed E-state index contributed by atoms with van der Waals surface area (Å²) in [5.74, 6) is 0. The van der Waals surface area contributed by atoms with Crippen molar-refractivity contribution in [2.75, 3.05) is 0 Å². The van der Waals surface area contributed by atoms with E-state index in [9.17, 15) is 0 Å². The molecular weight excluding hydrogens is 168 g/mol. The molecule has 0 heterocycles. The minimum Gasteiger partial charge on any atom is -0.394 e. The van der Waals surface area contributed by atoms with Crippen molar-refractivity contribution in [3.8, 4) is 0 Å². The molecule has 3 N–H and O–H groups in total. The maximum atomic E-state index is 6.82. The van der Waals surface area contributed by atoms with Crippen molar-refractivity contribution >= 4 is 23.4 Å². The Kier molecular flexibility index (Phi) is 5.83. The Morgan fingerprint density at radius 2 is 1.83 bits per heavy atom. The highest BCUT2D eigenvalue weighted by Crippen LogP contribution is 1.91. The van der Waals surface area contributed by atoms with E-state index in [1.54, 1.807) is 6.92 Å². The van der Waals surface area contributed by atoms with Crippen molar-refractivity contribution in [3.05, 3.63) is 35.9 Å². The van der Waals surface area contributed by atoms with Crippen LogP contribution in [0.25, 0.3) is 0 Å². The summed E-state index contributed by atoms with van der Waals surface area (Å²) in [4.78, 5) is 0.500. The Bertz CT molecular complexity index is 240. The van der Waals surface area contributed by atoms with E-state index < -0.39 is 0 Å². The largest absolute Gasteiger partial charge is 0.394 e. The fourth-order valence-electron chi connectivity index (χ4n) is 0.549. The van der Waals surface area contributed by atoms with Crippen LogP contribution in [0.4, 0.5) is 0 Å². The van der Waals surface area contributed by atoms with Crippen molar-refractivity contribution in [3.63, 3.8) is 0 Å². The fourth-order valence-corrected chi connectivity index (χ4v) is 0.549. The molecule has 2 nitrogen and oxygen atoms in total. The van der Waals surface area contributed by atoms with Gasteiger partial charge in [0.2, 0.25) is 0 Å². The number of benzene rings is 1. The van der Waals surface area contributed by atoms with Crippen molar-refractivity contribution in [2.24, 2.45) is 5.73 Å². The molecule has 0 fully saturated rings. The van der Waals surface area contributed by atoms with E-state index in [0.29, 0.717) is 4.99 Å². The lowest BCUT2D eigenvalue weighted by atomic mass is 10.2. The standard InChI is InChI=1S/C7H7N.C2H5NS/c8-6-7-4-2-1-3-5-7;1-2(3)4/h1-6,8H;1H3,(H2,3,4). The van der Waals surface area contributed by atoms with Crippen molar-refractivity contribution in [1.82, 2.24) is 0 Å². The van der Waals surface area contributed by atoms with Crippen LogP contribution in [0.15, 0.2) is 30.3 Å². The van der Waals surface area contributed by atoms with E-state index in [0.717, 1.165) is 5.56 Å². The molecule has 0 saturated carbocycles. The molecule has 0 spiro atoms. The van der Waals surface area contributed by atoms with Gasteiger partial charge < -0.3 is 11.1 Å². The average Bonchev–Trinajstić information content (AvgIpc) is 2.05. The Hall–Kier alpha value is -1.22. The molecule has 0 aliphatic rings. The van der Waals surface area contributed by atoms with E-state index >= 15 is 0 Å². The molecule has 1 rings (SSSR count). The molecule has 0 aliphatic carbocycles. The second kappa shape index (κ2) is 6.49. The lowest BCUT2D eigenvalue weighted by Crippen LogP contribution is -1.98. The van der Waals surface area contributed by atoms with Gasteiger partial charge in [-0.15, -0.1) is 0 Å². The van der Waals surface area contributed by atoms with Crippen LogP contribution in [0.5, 0.6) is 0 Å². The monoisotopic (exact) mass is 180 g/mol. The maximum absolute atomic E-state index is 6.82. The quantitative estimate of drug-likeness (QED) is 0.513. The lowest BCUT2D eigenvalue weighted by Gasteiger charge is -1.84. The van der Waals surface area contributed by atoms with Crippen molar-refractivity contribution < 1.29 is 0 Å². The van der Waals surface area contributed by atoms with E-state index in [4.69, 9.17) is 11.1 Å². The number of hydrogen-bond acceptors (Lipinski definition) is 2. The first kappa shape index (κ1) is 10.8. The fraction of sp³-hybridized carbons (Fsp3) is 0.111. The number of hydrogen-bond donors (Lipinski definition) is 2. The van der Waals surface area contributed by atoms with Gasteiger partial charge in [-0.2, -0.15) is 0 Å². The number of nitrogens with one attached hydrogen (secondary N) is 1. The van der Waals surface area contributed by atoms with Crippen LogP contribution in [-0.2, 0) is 0 Å². The van der Waals surface area contributed by atoms with Gasteiger partial charge in [-0.05, 0) is 12.5 Å². The minimum absolute atomic E-state index is 0.500. The van der Waals surface area contributed by atoms with Crippen LogP contribution in [0.2, 0.25) is 0 Å². The van der Waals surface area contributed by atoms with Gasteiger partial charge in [0.15, 0.2) is 0 Å². The molecule has 0 amide bonds. The Balaban J connectivity index is 0.000000261. The average molecular weight is 180 g/mol. The number of nitrogens with two attached hydrogens (primary N) is 1. The smallest absolute Gasteiger partial charge is 0.0695 e. The number of rotatable bonds is 1. The van der Waals surface area contributed by atoms with Crippen LogP contribution in [0.3, 0.4) is 0 Å². The third kappa shape index (κ3) is 6.89. The Morgan fingerprint density at radius 1 is 1.42 bits per heavy atom. The van der Waals surface area contributed by atoms with Gasteiger partial charge in [-0.3, -0.25) is 0 Å². The SMILES string of the molecule is CC(N)=S.N=Cc1ccccc1. The van der Waals surface area contributed by atoms with Crippen molar-refractivity contribution in [1.29, 1.82) is 5.41 Å². The molecule has 0 aliphatic heterocycles. The van der Waals surface area contributed by atoms with Gasteiger partial charge in [0.1, 0.15) is 0 Å². The molecule has 0 bridgehead atoms. The van der Waals surface area contributed by atoms with Gasteiger partial charge in [-0.1, -0.05) is 42.5 Å². The second-order valence-electron chi connectivity index (χ2n) is 2.17. The van der Waals surface area contributed by atoms with E-state index in [1.807, 2.05) is 30.3 Å². The molecule has 64 valence electrons. The second-order valence-corrected chi connectivity index (χ2v) is 2.81. The highest BCUT2D eigenvalue weighted by molar-refractivity contribution is 7.80. The lowest BCUT2D eigenvalue weighted by molar-refractivity contribution is 1.54. The summed E-state index contributed by atoms with van der Waals surface area (Å²) >= 11 is 4.31. The topological polar surface area (TPSA) is 49.9 Å². The Labute approximate surface area is 77.9 Å². The molecule has 0 saturated heterocycles. The maximum Gasteiger partial charge on any atom is 0.0695 e. The van der Waals surface area contributed by atoms with Gasteiger partial charge in [0, 0.05) is 6.21 Å². The molecule has 0 atom stereocenters. The highest BCUT2D eigenvalue weighted by Gasteiger charge is 1.77. The summed E-state index contributed by atoms with van der Waals surface area (Å²) in [6.07, 6.45) is 1.33. The molecule has 0 radical (unpaired) electrons. The molecule has 1 aromatic carbocycles. The first-order chi connectivity index (χ1) is 5.66. The van der Waals surface area contributed by atoms with Crippen LogP contribution in [0, 0.1) is 5.41 Å². The summed E-state index contributed by atoms with van der Waals surface area (Å²) < 4.78 is 0. The number of thiocarbonyl (C=S) groups is 1. The van der Waals surface area contributed by atoms with E-state index in [1.165, 1.54) is 6.21 Å². The highest BCUT2D eigenvalue weighted by atomic mass is 32.1. The van der Waals surface area contributed by atoms with E-state index in [-0.39, 0.29) is 0 Å². The molecular formula is C9H12N2S. The summed E-state index contributed by atoms with van der Waals surface area (Å²) in [6.45, 7) is 1.68. The summed E-state index contributed by atoms with van der Waals surface area (Å²) in [5, 5.41) is 6.82. The first-order valence-corrected chi connectivity index (χ1v) is 3.89. The first-order valence-electron chi connectivity index (χ1n) is 3.48. The van der Waals surface area contributed by atoms with Crippen LogP contribution >= 0.6 is 12.2 Å². The predicted octanol–water partition coefficient (Wildman–Crippen LogP) is 1.98. The van der Waals surface area contributed by atoms with Crippen LogP contribution in [-0.4, -0.2) is 11.2 Å². The normalized spacial score (nSPS) is 7.75. The van der Waals surface area contributed by atoms with Gasteiger partial charge >= 0.3 is 0 Å². The van der Waals surface area contributed by atoms with Gasteiger partial charge in [0.25, 0.3) is 0 Å². The molecule has 0 unspecified atom stereocenters. The predicted molar refractivity (Wildman–Crippen MR) is 56.8 cm³/mol. The summed E-state index contributed by atoms with van der Waals surface area (Å²) in [5.41, 5.74) is 5.79. The molecule has 1 aromatic rings.